The molecular formula is C17H19N3O4S. The lowest BCUT2D eigenvalue weighted by atomic mass is 10.2. The van der Waals surface area contributed by atoms with Crippen molar-refractivity contribution >= 4 is 34.5 Å². The number of ether oxygens (including phenoxy) is 1. The molecule has 0 spiro atoms. The molecule has 0 N–H and O–H groups in total. The number of rotatable bonds is 5. The van der Waals surface area contributed by atoms with Gasteiger partial charge in [-0.05, 0) is 25.0 Å². The first-order chi connectivity index (χ1) is 12.1. The molecule has 8 heteroatoms. The zero-order valence-corrected chi connectivity index (χ0v) is 14.8. The molecule has 0 unspecified atom stereocenters. The molecular weight excluding hydrogens is 342 g/mol. The highest BCUT2D eigenvalue weighted by Crippen LogP contribution is 2.19. The van der Waals surface area contributed by atoms with Gasteiger partial charge in [0.15, 0.2) is 5.16 Å². The molecule has 0 bridgehead atoms. The molecule has 1 aliphatic rings. The molecule has 1 saturated heterocycles. The molecule has 0 saturated carbocycles. The second-order valence-electron chi connectivity index (χ2n) is 5.76. The summed E-state index contributed by atoms with van der Waals surface area (Å²) < 4.78 is 5.95. The fourth-order valence-electron chi connectivity index (χ4n) is 2.78. The summed E-state index contributed by atoms with van der Waals surface area (Å²) in [6.07, 6.45) is 2.05. The topological polar surface area (TPSA) is 81.5 Å². The van der Waals surface area contributed by atoms with Gasteiger partial charge in [-0.15, -0.1) is 0 Å². The normalized spacial score (nSPS) is 14.0. The second kappa shape index (κ2) is 7.69. The van der Waals surface area contributed by atoms with E-state index in [0.717, 1.165) is 25.9 Å². The Morgan fingerprint density at radius 1 is 1.24 bits per heavy atom. The molecule has 2 heterocycles. The molecule has 1 aromatic carbocycles. The van der Waals surface area contributed by atoms with Crippen LogP contribution in [0.15, 0.2) is 34.2 Å². The average molecular weight is 361 g/mol. The lowest BCUT2D eigenvalue weighted by Crippen LogP contribution is -2.30. The van der Waals surface area contributed by atoms with Crippen LogP contribution in [0.3, 0.4) is 0 Å². The standard InChI is InChI=1S/C17H19N3O4S/c1-24-15(22)10-20-16(23)12-6-2-3-7-13(12)18-17(20)25-11-14(21)19-8-4-5-9-19/h2-3,6-7H,4-5,8-11H2,1H3. The Labute approximate surface area is 149 Å². The van der Waals surface area contributed by atoms with Crippen molar-refractivity contribution < 1.29 is 14.3 Å². The van der Waals surface area contributed by atoms with E-state index in [2.05, 4.69) is 9.72 Å². The van der Waals surface area contributed by atoms with Crippen molar-refractivity contribution in [3.05, 3.63) is 34.6 Å². The van der Waals surface area contributed by atoms with Crippen LogP contribution in [0.4, 0.5) is 0 Å². The zero-order valence-electron chi connectivity index (χ0n) is 13.9. The van der Waals surface area contributed by atoms with E-state index in [-0.39, 0.29) is 23.8 Å². The second-order valence-corrected chi connectivity index (χ2v) is 6.70. The van der Waals surface area contributed by atoms with E-state index in [1.165, 1.54) is 23.4 Å². The van der Waals surface area contributed by atoms with Crippen LogP contribution in [0.5, 0.6) is 0 Å². The molecule has 3 rings (SSSR count). The number of methoxy groups -OCH3 is 1. The van der Waals surface area contributed by atoms with E-state index in [4.69, 9.17) is 0 Å². The molecule has 0 radical (unpaired) electrons. The van der Waals surface area contributed by atoms with Crippen molar-refractivity contribution in [2.24, 2.45) is 0 Å². The monoisotopic (exact) mass is 361 g/mol. The van der Waals surface area contributed by atoms with Gasteiger partial charge >= 0.3 is 5.97 Å². The lowest BCUT2D eigenvalue weighted by Gasteiger charge is -2.16. The summed E-state index contributed by atoms with van der Waals surface area (Å²) in [6, 6.07) is 6.95. The number of para-hydroxylation sites is 1. The molecule has 1 fully saturated rings. The summed E-state index contributed by atoms with van der Waals surface area (Å²) in [5.41, 5.74) is 0.233. The van der Waals surface area contributed by atoms with Gasteiger partial charge in [0.05, 0.1) is 23.8 Å². The van der Waals surface area contributed by atoms with E-state index in [0.29, 0.717) is 16.1 Å². The minimum absolute atomic E-state index is 0.0227. The van der Waals surface area contributed by atoms with E-state index >= 15 is 0 Å². The highest BCUT2D eigenvalue weighted by Gasteiger charge is 2.20. The molecule has 7 nitrogen and oxygen atoms in total. The molecule has 25 heavy (non-hydrogen) atoms. The minimum atomic E-state index is -0.535. The van der Waals surface area contributed by atoms with E-state index in [9.17, 15) is 14.4 Å². The van der Waals surface area contributed by atoms with Gasteiger partial charge in [-0.25, -0.2) is 4.98 Å². The highest BCUT2D eigenvalue weighted by molar-refractivity contribution is 7.99. The minimum Gasteiger partial charge on any atom is -0.468 e. The lowest BCUT2D eigenvalue weighted by molar-refractivity contribution is -0.141. The van der Waals surface area contributed by atoms with Crippen molar-refractivity contribution in [3.8, 4) is 0 Å². The van der Waals surface area contributed by atoms with Crippen LogP contribution in [0.2, 0.25) is 0 Å². The number of hydrogen-bond donors (Lipinski definition) is 0. The summed E-state index contributed by atoms with van der Waals surface area (Å²) in [4.78, 5) is 42.9. The van der Waals surface area contributed by atoms with Crippen molar-refractivity contribution in [1.29, 1.82) is 0 Å². The predicted octanol–water partition coefficient (Wildman–Crippen LogP) is 1.28. The van der Waals surface area contributed by atoms with E-state index < -0.39 is 5.97 Å². The fourth-order valence-corrected chi connectivity index (χ4v) is 3.68. The van der Waals surface area contributed by atoms with Gasteiger partial charge < -0.3 is 9.64 Å². The van der Waals surface area contributed by atoms with Crippen molar-refractivity contribution in [1.82, 2.24) is 14.5 Å². The summed E-state index contributed by atoms with van der Waals surface area (Å²) in [7, 11) is 1.27. The maximum absolute atomic E-state index is 12.7. The summed E-state index contributed by atoms with van der Waals surface area (Å²) in [5, 5.41) is 0.781. The van der Waals surface area contributed by atoms with Crippen LogP contribution >= 0.6 is 11.8 Å². The number of likely N-dealkylation sites (tertiary alicyclic amines) is 1. The van der Waals surface area contributed by atoms with Gasteiger partial charge in [0.2, 0.25) is 5.91 Å². The van der Waals surface area contributed by atoms with Crippen LogP contribution < -0.4 is 5.56 Å². The maximum atomic E-state index is 12.7. The van der Waals surface area contributed by atoms with Gasteiger partial charge in [-0.1, -0.05) is 23.9 Å². The molecule has 1 aromatic heterocycles. The van der Waals surface area contributed by atoms with E-state index in [1.807, 2.05) is 4.90 Å². The number of carbonyl (C=O) groups is 2. The molecule has 1 amide bonds. The first kappa shape index (κ1) is 17.5. The third-order valence-corrected chi connectivity index (χ3v) is 5.09. The molecule has 2 aromatic rings. The molecule has 0 atom stereocenters. The number of amides is 1. The summed E-state index contributed by atoms with van der Waals surface area (Å²) >= 11 is 1.18. The van der Waals surface area contributed by atoms with Crippen LogP contribution in [-0.2, 0) is 20.9 Å². The van der Waals surface area contributed by atoms with Gasteiger partial charge in [0, 0.05) is 13.1 Å². The van der Waals surface area contributed by atoms with Crippen LogP contribution in [0.1, 0.15) is 12.8 Å². The first-order valence-corrected chi connectivity index (χ1v) is 9.05. The number of esters is 1. The third-order valence-electron chi connectivity index (χ3n) is 4.13. The van der Waals surface area contributed by atoms with Crippen LogP contribution in [-0.4, -0.2) is 52.3 Å². The molecule has 1 aliphatic heterocycles. The number of benzene rings is 1. The van der Waals surface area contributed by atoms with Crippen LogP contribution in [0, 0.1) is 0 Å². The number of thioether (sulfide) groups is 1. The molecule has 132 valence electrons. The maximum Gasteiger partial charge on any atom is 0.325 e. The Morgan fingerprint density at radius 3 is 2.68 bits per heavy atom. The quantitative estimate of drug-likeness (QED) is 0.453. The Bertz CT molecular complexity index is 859. The van der Waals surface area contributed by atoms with Crippen LogP contribution in [0.25, 0.3) is 10.9 Å². The largest absolute Gasteiger partial charge is 0.468 e. The van der Waals surface area contributed by atoms with Gasteiger partial charge in [0.25, 0.3) is 5.56 Å². The smallest absolute Gasteiger partial charge is 0.325 e. The SMILES string of the molecule is COC(=O)Cn1c(SCC(=O)N2CCCC2)nc2ccccc2c1=O. The Balaban J connectivity index is 1.91. The predicted molar refractivity (Wildman–Crippen MR) is 94.6 cm³/mol. The first-order valence-electron chi connectivity index (χ1n) is 8.07. The highest BCUT2D eigenvalue weighted by atomic mass is 32.2. The zero-order chi connectivity index (χ0) is 17.8. The molecule has 0 aliphatic carbocycles. The number of carbonyl (C=O) groups excluding carboxylic acids is 2. The fraction of sp³-hybridized carbons (Fsp3) is 0.412. The third kappa shape index (κ3) is 3.84. The average Bonchev–Trinajstić information content (AvgIpc) is 3.17. The Hall–Kier alpha value is -2.35. The number of fused-ring (bicyclic) bond motifs is 1. The van der Waals surface area contributed by atoms with Crippen molar-refractivity contribution in [3.63, 3.8) is 0 Å². The Morgan fingerprint density at radius 2 is 1.96 bits per heavy atom. The van der Waals surface area contributed by atoms with E-state index in [1.54, 1.807) is 24.3 Å². The van der Waals surface area contributed by atoms with Gasteiger partial charge in [-0.2, -0.15) is 0 Å². The summed E-state index contributed by atoms with van der Waals surface area (Å²) in [5.74, 6) is -0.326. The van der Waals surface area contributed by atoms with Crippen molar-refractivity contribution in [2.75, 3.05) is 26.0 Å². The number of nitrogens with zero attached hydrogens (tertiary/aromatic N) is 3. The summed E-state index contributed by atoms with van der Waals surface area (Å²) in [6.45, 7) is 1.33. The number of aromatic nitrogens is 2. The van der Waals surface area contributed by atoms with Gasteiger partial charge in [0.1, 0.15) is 6.54 Å². The van der Waals surface area contributed by atoms with Gasteiger partial charge in [-0.3, -0.25) is 19.0 Å². The number of hydrogen-bond acceptors (Lipinski definition) is 6. The Kier molecular flexibility index (Phi) is 5.37. The van der Waals surface area contributed by atoms with Crippen molar-refractivity contribution in [2.45, 2.75) is 24.5 Å².